The molecule has 0 atom stereocenters. The molecule has 1 fully saturated rings. The zero-order valence-corrected chi connectivity index (χ0v) is 16.0. The van der Waals surface area contributed by atoms with Crippen LogP contribution < -0.4 is 20.1 Å². The predicted octanol–water partition coefficient (Wildman–Crippen LogP) is 3.93. The summed E-state index contributed by atoms with van der Waals surface area (Å²) in [4.78, 5) is 11.8. The first-order chi connectivity index (χ1) is 12.5. The highest BCUT2D eigenvalue weighted by molar-refractivity contribution is 7.80. The molecule has 0 spiro atoms. The number of amides is 1. The minimum atomic E-state index is -0.277. The molecule has 2 N–H and O–H groups in total. The van der Waals surface area contributed by atoms with Crippen molar-refractivity contribution in [2.45, 2.75) is 6.61 Å². The smallest absolute Gasteiger partial charge is 0.273 e. The molecule has 1 aliphatic heterocycles. The maximum Gasteiger partial charge on any atom is 0.273 e. The summed E-state index contributed by atoms with van der Waals surface area (Å²) in [6, 6.07) is 10.5. The molecular weight excluding hydrogens is 395 g/mol. The average Bonchev–Trinajstić information content (AvgIpc) is 2.91. The number of benzene rings is 2. The molecule has 2 aromatic rings. The van der Waals surface area contributed by atoms with E-state index >= 15 is 0 Å². The molecule has 0 unspecified atom stereocenters. The number of halogens is 2. The molecule has 1 aliphatic rings. The summed E-state index contributed by atoms with van der Waals surface area (Å²) in [6.07, 6.45) is 1.68. The largest absolute Gasteiger partial charge is 0.493 e. The Hall–Kier alpha value is -2.28. The van der Waals surface area contributed by atoms with Gasteiger partial charge in [-0.25, -0.2) is 0 Å². The van der Waals surface area contributed by atoms with Gasteiger partial charge in [-0.05, 0) is 48.1 Å². The van der Waals surface area contributed by atoms with Crippen molar-refractivity contribution >= 4 is 52.5 Å². The second kappa shape index (κ2) is 7.95. The van der Waals surface area contributed by atoms with Crippen molar-refractivity contribution in [3.05, 3.63) is 63.3 Å². The van der Waals surface area contributed by atoms with Crippen molar-refractivity contribution in [1.29, 1.82) is 0 Å². The number of hydrogen-bond acceptors (Lipinski definition) is 4. The Bertz CT molecular complexity index is 915. The van der Waals surface area contributed by atoms with Crippen molar-refractivity contribution in [1.82, 2.24) is 10.6 Å². The van der Waals surface area contributed by atoms with Crippen molar-refractivity contribution in [3.8, 4) is 11.5 Å². The molecule has 2 aromatic carbocycles. The van der Waals surface area contributed by atoms with Crippen LogP contribution in [0.15, 0.2) is 42.1 Å². The Balaban J connectivity index is 1.83. The first-order valence-electron chi connectivity index (χ1n) is 7.55. The fourth-order valence-corrected chi connectivity index (χ4v) is 3.00. The molecule has 0 aliphatic carbocycles. The molecule has 3 rings (SSSR count). The normalized spacial score (nSPS) is 15.0. The van der Waals surface area contributed by atoms with Crippen LogP contribution in [-0.2, 0) is 11.4 Å². The van der Waals surface area contributed by atoms with Gasteiger partial charge in [0.25, 0.3) is 5.91 Å². The summed E-state index contributed by atoms with van der Waals surface area (Å²) in [7, 11) is 1.56. The van der Waals surface area contributed by atoms with Crippen LogP contribution in [-0.4, -0.2) is 18.1 Å². The Morgan fingerprint density at radius 3 is 2.58 bits per heavy atom. The zero-order chi connectivity index (χ0) is 18.7. The maximum absolute atomic E-state index is 11.8. The van der Waals surface area contributed by atoms with E-state index in [4.69, 9.17) is 44.9 Å². The van der Waals surface area contributed by atoms with Crippen molar-refractivity contribution in [2.75, 3.05) is 7.11 Å². The first-order valence-corrected chi connectivity index (χ1v) is 8.71. The molecule has 1 heterocycles. The highest BCUT2D eigenvalue weighted by Crippen LogP contribution is 2.31. The van der Waals surface area contributed by atoms with Crippen molar-refractivity contribution < 1.29 is 14.3 Å². The fourth-order valence-electron chi connectivity index (χ4n) is 2.34. The topological polar surface area (TPSA) is 59.6 Å². The van der Waals surface area contributed by atoms with E-state index in [1.165, 1.54) is 0 Å². The average molecular weight is 409 g/mol. The summed E-state index contributed by atoms with van der Waals surface area (Å²) < 4.78 is 11.2. The Morgan fingerprint density at radius 1 is 1.12 bits per heavy atom. The monoisotopic (exact) mass is 408 g/mol. The second-order valence-electron chi connectivity index (χ2n) is 5.40. The predicted molar refractivity (Wildman–Crippen MR) is 106 cm³/mol. The van der Waals surface area contributed by atoms with Gasteiger partial charge in [0.1, 0.15) is 12.3 Å². The lowest BCUT2D eigenvalue weighted by atomic mass is 10.1. The third kappa shape index (κ3) is 4.27. The van der Waals surface area contributed by atoms with Crippen LogP contribution in [0.2, 0.25) is 10.0 Å². The van der Waals surface area contributed by atoms with E-state index in [9.17, 15) is 4.79 Å². The Kier molecular flexibility index (Phi) is 5.66. The lowest BCUT2D eigenvalue weighted by Crippen LogP contribution is -2.21. The lowest BCUT2D eigenvalue weighted by Gasteiger charge is -2.12. The number of methoxy groups -OCH3 is 1. The lowest BCUT2D eigenvalue weighted by molar-refractivity contribution is -0.115. The molecule has 1 amide bonds. The summed E-state index contributed by atoms with van der Waals surface area (Å²) in [5.41, 5.74) is 1.92. The quantitative estimate of drug-likeness (QED) is 0.579. The van der Waals surface area contributed by atoms with Crippen molar-refractivity contribution in [2.24, 2.45) is 0 Å². The first kappa shape index (κ1) is 18.5. The molecule has 0 aromatic heterocycles. The summed E-state index contributed by atoms with van der Waals surface area (Å²) in [5.74, 6) is 0.812. The number of nitrogens with one attached hydrogen (secondary N) is 2. The highest BCUT2D eigenvalue weighted by atomic mass is 35.5. The van der Waals surface area contributed by atoms with E-state index in [2.05, 4.69) is 10.6 Å². The summed E-state index contributed by atoms with van der Waals surface area (Å²) >= 11 is 17.0. The Morgan fingerprint density at radius 2 is 1.92 bits per heavy atom. The molecule has 0 bridgehead atoms. The van der Waals surface area contributed by atoms with Gasteiger partial charge in [-0.15, -0.1) is 0 Å². The third-order valence-electron chi connectivity index (χ3n) is 3.62. The number of carbonyl (C=O) groups excluding carboxylic acids is 1. The number of thiocarbonyl (C=S) groups is 1. The van der Waals surface area contributed by atoms with Crippen LogP contribution in [0.1, 0.15) is 11.1 Å². The van der Waals surface area contributed by atoms with Crippen LogP contribution in [0.25, 0.3) is 6.08 Å². The molecule has 0 saturated carbocycles. The van der Waals surface area contributed by atoms with Gasteiger partial charge in [0.05, 0.1) is 7.11 Å². The molecule has 0 radical (unpaired) electrons. The van der Waals surface area contributed by atoms with Gasteiger partial charge < -0.3 is 14.8 Å². The van der Waals surface area contributed by atoms with E-state index in [0.717, 1.165) is 11.1 Å². The number of carbonyl (C=O) groups is 1. The zero-order valence-electron chi connectivity index (χ0n) is 13.6. The van der Waals surface area contributed by atoms with Crippen LogP contribution >= 0.6 is 35.4 Å². The Labute approximate surface area is 165 Å². The molecular formula is C18H14Cl2N2O3S. The standard InChI is InChI=1S/C18H14Cl2N2O3S/c1-24-15-5-2-10(6-14-17(23)22-18(26)21-14)7-16(15)25-9-11-3-4-12(19)8-13(11)20/h2-8H,9H2,1H3,(H2,21,22,23,26)/b14-6-. The minimum absolute atomic E-state index is 0.245. The van der Waals surface area contributed by atoms with E-state index < -0.39 is 0 Å². The van der Waals surface area contributed by atoms with Crippen LogP contribution in [0.3, 0.4) is 0 Å². The van der Waals surface area contributed by atoms with Crippen LogP contribution in [0, 0.1) is 0 Å². The SMILES string of the molecule is COc1ccc(/C=C2\NC(=S)NC2=O)cc1OCc1ccc(Cl)cc1Cl. The number of rotatable bonds is 5. The maximum atomic E-state index is 11.8. The van der Waals surface area contributed by atoms with E-state index in [0.29, 0.717) is 27.2 Å². The van der Waals surface area contributed by atoms with Gasteiger partial charge >= 0.3 is 0 Å². The van der Waals surface area contributed by atoms with Crippen LogP contribution in [0.5, 0.6) is 11.5 Å². The van der Waals surface area contributed by atoms with Gasteiger partial charge in [0.2, 0.25) is 0 Å². The van der Waals surface area contributed by atoms with Crippen molar-refractivity contribution in [3.63, 3.8) is 0 Å². The van der Waals surface area contributed by atoms with E-state index in [1.54, 1.807) is 43.5 Å². The van der Waals surface area contributed by atoms with Gasteiger partial charge in [-0.3, -0.25) is 10.1 Å². The van der Waals surface area contributed by atoms with Gasteiger partial charge in [-0.2, -0.15) is 0 Å². The highest BCUT2D eigenvalue weighted by Gasteiger charge is 2.20. The molecule has 134 valence electrons. The van der Waals surface area contributed by atoms with Crippen LogP contribution in [0.4, 0.5) is 0 Å². The second-order valence-corrected chi connectivity index (χ2v) is 6.65. The summed E-state index contributed by atoms with van der Waals surface area (Å²) in [6.45, 7) is 0.245. The fraction of sp³-hybridized carbons (Fsp3) is 0.111. The van der Waals surface area contributed by atoms with E-state index in [1.807, 2.05) is 6.07 Å². The number of ether oxygens (including phenoxy) is 2. The molecule has 1 saturated heterocycles. The van der Waals surface area contributed by atoms with Gasteiger partial charge in [0.15, 0.2) is 16.6 Å². The molecule has 8 heteroatoms. The van der Waals surface area contributed by atoms with Gasteiger partial charge in [0, 0.05) is 15.6 Å². The van der Waals surface area contributed by atoms with Gasteiger partial charge in [-0.1, -0.05) is 35.3 Å². The number of hydrogen-bond donors (Lipinski definition) is 2. The molecule has 26 heavy (non-hydrogen) atoms. The summed E-state index contributed by atoms with van der Waals surface area (Å²) in [5, 5.41) is 6.68. The van der Waals surface area contributed by atoms with E-state index in [-0.39, 0.29) is 17.6 Å². The minimum Gasteiger partial charge on any atom is -0.493 e. The third-order valence-corrected chi connectivity index (χ3v) is 4.41. The molecule has 5 nitrogen and oxygen atoms in total.